The van der Waals surface area contributed by atoms with Gasteiger partial charge in [0, 0.05) is 24.8 Å². The smallest absolute Gasteiger partial charge is 0.351 e. The molecule has 11 heavy (non-hydrogen) atoms. The Morgan fingerprint density at radius 1 is 0.818 bits per heavy atom. The van der Waals surface area contributed by atoms with Crippen LogP contribution < -0.4 is 0 Å². The van der Waals surface area contributed by atoms with E-state index in [0.717, 1.165) is 0 Å². The van der Waals surface area contributed by atoms with Gasteiger partial charge in [0.15, 0.2) is 0 Å². The van der Waals surface area contributed by atoms with Crippen LogP contribution in [0, 0.1) is 0 Å². The fraction of sp³-hybridized carbons (Fsp3) is 0. The molecule has 0 fully saturated rings. The first-order valence-corrected chi connectivity index (χ1v) is 2.85. The average molecular weight is 331 g/mol. The molecule has 2 heterocycles. The molecule has 0 saturated carbocycles. The first-order chi connectivity index (χ1) is 5.00. The van der Waals surface area contributed by atoms with E-state index < -0.39 is 0 Å². The predicted octanol–water partition coefficient (Wildman–Crippen LogP) is 0.817. The Bertz CT molecular complexity index is 154. The molecule has 0 atom stereocenters. The number of rotatable bonds is 0. The SMILES string of the molecule is [Pt+2].c1c[nH]cn1.c1c[nH]cn1. The van der Waals surface area contributed by atoms with Crippen molar-refractivity contribution in [2.75, 3.05) is 0 Å². The van der Waals surface area contributed by atoms with E-state index in [0.29, 0.717) is 0 Å². The van der Waals surface area contributed by atoms with Gasteiger partial charge in [-0.3, -0.25) is 0 Å². The molecule has 0 radical (unpaired) electrons. The van der Waals surface area contributed by atoms with Gasteiger partial charge in [0.05, 0.1) is 12.7 Å². The van der Waals surface area contributed by atoms with Crippen molar-refractivity contribution in [3.63, 3.8) is 0 Å². The van der Waals surface area contributed by atoms with E-state index in [2.05, 4.69) is 19.9 Å². The van der Waals surface area contributed by atoms with Crippen LogP contribution in [-0.4, -0.2) is 19.9 Å². The van der Waals surface area contributed by atoms with Crippen LogP contribution >= 0.6 is 0 Å². The summed E-state index contributed by atoms with van der Waals surface area (Å²) in [7, 11) is 0. The molecule has 0 aliphatic heterocycles. The molecule has 0 saturated heterocycles. The third kappa shape index (κ3) is 5.55. The third-order valence-corrected chi connectivity index (χ3v) is 0.812. The third-order valence-electron chi connectivity index (χ3n) is 0.812. The van der Waals surface area contributed by atoms with Gasteiger partial charge in [-0.05, 0) is 0 Å². The van der Waals surface area contributed by atoms with Crippen LogP contribution in [0.25, 0.3) is 0 Å². The van der Waals surface area contributed by atoms with Gasteiger partial charge in [0.2, 0.25) is 0 Å². The van der Waals surface area contributed by atoms with E-state index in [-0.39, 0.29) is 21.1 Å². The first-order valence-electron chi connectivity index (χ1n) is 2.85. The van der Waals surface area contributed by atoms with Gasteiger partial charge < -0.3 is 9.97 Å². The summed E-state index contributed by atoms with van der Waals surface area (Å²) in [5.74, 6) is 0. The molecule has 0 aliphatic carbocycles. The molecule has 5 heteroatoms. The summed E-state index contributed by atoms with van der Waals surface area (Å²) >= 11 is 0. The Morgan fingerprint density at radius 3 is 1.36 bits per heavy atom. The number of nitrogens with zero attached hydrogens (tertiary/aromatic N) is 2. The molecule has 0 spiro atoms. The minimum Gasteiger partial charge on any atom is -0.351 e. The molecule has 0 aromatic carbocycles. The molecule has 2 aromatic rings. The minimum absolute atomic E-state index is 0. The molecule has 2 N–H and O–H groups in total. The molecule has 0 bridgehead atoms. The van der Waals surface area contributed by atoms with Crippen LogP contribution in [0.5, 0.6) is 0 Å². The quantitative estimate of drug-likeness (QED) is 0.751. The van der Waals surface area contributed by atoms with Gasteiger partial charge in [0.25, 0.3) is 0 Å². The van der Waals surface area contributed by atoms with E-state index in [4.69, 9.17) is 0 Å². The average Bonchev–Trinajstić information content (AvgIpc) is 2.67. The normalized spacial score (nSPS) is 7.27. The molecule has 2 rings (SSSR count). The Labute approximate surface area is 78.7 Å². The van der Waals surface area contributed by atoms with Crippen molar-refractivity contribution in [1.29, 1.82) is 0 Å². The van der Waals surface area contributed by atoms with Crippen LogP contribution in [-0.2, 0) is 21.1 Å². The summed E-state index contributed by atoms with van der Waals surface area (Å²) in [5.41, 5.74) is 0. The summed E-state index contributed by atoms with van der Waals surface area (Å²) in [5, 5.41) is 0. The molecule has 2 aromatic heterocycles. The number of imidazole rings is 2. The molecule has 4 nitrogen and oxygen atoms in total. The van der Waals surface area contributed by atoms with Crippen molar-refractivity contribution in [2.45, 2.75) is 0 Å². The molecular weight excluding hydrogens is 323 g/mol. The van der Waals surface area contributed by atoms with Crippen molar-refractivity contribution >= 4 is 0 Å². The van der Waals surface area contributed by atoms with Crippen molar-refractivity contribution in [3.8, 4) is 0 Å². The maximum Gasteiger partial charge on any atom is 2.00 e. The fourth-order valence-corrected chi connectivity index (χ4v) is 0.430. The standard InChI is InChI=1S/2C3H4N2.Pt/c2*1-2-5-3-4-1;/h2*1-3H,(H,4,5);/q;;+2. The van der Waals surface area contributed by atoms with Crippen molar-refractivity contribution in [3.05, 3.63) is 37.4 Å². The second-order valence-corrected chi connectivity index (χ2v) is 1.52. The monoisotopic (exact) mass is 331 g/mol. The summed E-state index contributed by atoms with van der Waals surface area (Å²) in [4.78, 5) is 12.8. The van der Waals surface area contributed by atoms with Gasteiger partial charge in [0.1, 0.15) is 0 Å². The number of hydrogen-bond donors (Lipinski definition) is 2. The van der Waals surface area contributed by atoms with E-state index in [9.17, 15) is 0 Å². The maximum absolute atomic E-state index is 3.67. The van der Waals surface area contributed by atoms with Crippen LogP contribution in [0.4, 0.5) is 0 Å². The van der Waals surface area contributed by atoms with Gasteiger partial charge in [-0.25, -0.2) is 9.97 Å². The molecular formula is C6H8N4Pt+2. The Kier molecular flexibility index (Phi) is 6.63. The van der Waals surface area contributed by atoms with Crippen molar-refractivity contribution < 1.29 is 21.1 Å². The zero-order valence-corrected chi connectivity index (χ0v) is 7.95. The summed E-state index contributed by atoms with van der Waals surface area (Å²) in [6.45, 7) is 0. The van der Waals surface area contributed by atoms with Gasteiger partial charge in [-0.1, -0.05) is 0 Å². The summed E-state index contributed by atoms with van der Waals surface area (Å²) < 4.78 is 0. The van der Waals surface area contributed by atoms with Crippen LogP contribution in [0.1, 0.15) is 0 Å². The molecule has 0 amide bonds. The number of nitrogens with one attached hydrogen (secondary N) is 2. The summed E-state index contributed by atoms with van der Waals surface area (Å²) in [6, 6.07) is 0. The number of hydrogen-bond acceptors (Lipinski definition) is 2. The van der Waals surface area contributed by atoms with Crippen LogP contribution in [0.2, 0.25) is 0 Å². The van der Waals surface area contributed by atoms with Crippen LogP contribution in [0.15, 0.2) is 37.4 Å². The van der Waals surface area contributed by atoms with Gasteiger partial charge in [-0.15, -0.1) is 0 Å². The second kappa shape index (κ2) is 7.22. The number of aromatic nitrogens is 4. The zero-order valence-electron chi connectivity index (χ0n) is 5.67. The van der Waals surface area contributed by atoms with Gasteiger partial charge in [-0.2, -0.15) is 0 Å². The van der Waals surface area contributed by atoms with Crippen molar-refractivity contribution in [1.82, 2.24) is 19.9 Å². The Hall–Kier alpha value is -0.892. The second-order valence-electron chi connectivity index (χ2n) is 1.52. The number of aromatic amines is 2. The van der Waals surface area contributed by atoms with Gasteiger partial charge >= 0.3 is 21.1 Å². The van der Waals surface area contributed by atoms with Crippen molar-refractivity contribution in [2.24, 2.45) is 0 Å². The van der Waals surface area contributed by atoms with E-state index in [1.54, 1.807) is 37.4 Å². The largest absolute Gasteiger partial charge is 2.00 e. The maximum atomic E-state index is 3.67. The molecule has 60 valence electrons. The van der Waals surface area contributed by atoms with Crippen LogP contribution in [0.3, 0.4) is 0 Å². The zero-order chi connectivity index (χ0) is 7.07. The van der Waals surface area contributed by atoms with E-state index in [1.807, 2.05) is 0 Å². The minimum atomic E-state index is 0. The molecule has 0 unspecified atom stereocenters. The fourth-order valence-electron chi connectivity index (χ4n) is 0.430. The van der Waals surface area contributed by atoms with E-state index in [1.165, 1.54) is 0 Å². The topological polar surface area (TPSA) is 57.4 Å². The number of H-pyrrole nitrogens is 2. The first kappa shape index (κ1) is 10.1. The summed E-state index contributed by atoms with van der Waals surface area (Å²) in [6.07, 6.45) is 10.2. The molecule has 0 aliphatic rings. The predicted molar refractivity (Wildman–Crippen MR) is 37.2 cm³/mol. The Morgan fingerprint density at radius 2 is 1.27 bits per heavy atom. The van der Waals surface area contributed by atoms with E-state index >= 15 is 0 Å². The Balaban J connectivity index is 0.000000167.